The van der Waals surface area contributed by atoms with Crippen LogP contribution in [-0.2, 0) is 7.05 Å². The summed E-state index contributed by atoms with van der Waals surface area (Å²) in [5, 5.41) is 0. The Balaban J connectivity index is 2.53. The van der Waals surface area contributed by atoms with E-state index in [2.05, 4.69) is 10.4 Å². The smallest absolute Gasteiger partial charge is 0.194 e. The lowest BCUT2D eigenvalue weighted by Gasteiger charge is -2.17. The van der Waals surface area contributed by atoms with E-state index in [1.54, 1.807) is 11.6 Å². The molecule has 0 fully saturated rings. The summed E-state index contributed by atoms with van der Waals surface area (Å²) in [6, 6.07) is 1.19. The first-order chi connectivity index (χ1) is 8.56. The van der Waals surface area contributed by atoms with E-state index in [1.807, 2.05) is 0 Å². The van der Waals surface area contributed by atoms with E-state index < -0.39 is 23.5 Å². The third kappa shape index (κ3) is 1.98. The first-order valence-corrected chi connectivity index (χ1v) is 5.12. The number of rotatable bonds is 3. The molecule has 0 aliphatic rings. The molecule has 0 saturated carbocycles. The van der Waals surface area contributed by atoms with E-state index in [0.717, 1.165) is 12.1 Å². The van der Waals surface area contributed by atoms with Crippen LogP contribution in [0.5, 0.6) is 0 Å². The zero-order valence-corrected chi connectivity index (χ0v) is 9.49. The largest absolute Gasteiger partial charge is 0.336 e. The molecule has 0 amide bonds. The molecule has 1 aromatic carbocycles. The molecule has 18 heavy (non-hydrogen) atoms. The number of nitrogens with zero attached hydrogens (tertiary/aromatic N) is 2. The van der Waals surface area contributed by atoms with Gasteiger partial charge < -0.3 is 4.57 Å². The highest BCUT2D eigenvalue weighted by Crippen LogP contribution is 2.25. The minimum absolute atomic E-state index is 0.0833. The van der Waals surface area contributed by atoms with Crippen molar-refractivity contribution >= 4 is 0 Å². The molecule has 1 unspecified atom stereocenters. The van der Waals surface area contributed by atoms with E-state index in [0.29, 0.717) is 5.69 Å². The van der Waals surface area contributed by atoms with Crippen LogP contribution in [0.4, 0.5) is 13.2 Å². The summed E-state index contributed by atoms with van der Waals surface area (Å²) in [6.07, 6.45) is 2.96. The topological polar surface area (TPSA) is 55.9 Å². The van der Waals surface area contributed by atoms with Crippen LogP contribution < -0.4 is 11.3 Å². The van der Waals surface area contributed by atoms with Crippen LogP contribution in [0.2, 0.25) is 0 Å². The second-order valence-electron chi connectivity index (χ2n) is 3.79. The van der Waals surface area contributed by atoms with Crippen molar-refractivity contribution in [1.82, 2.24) is 15.0 Å². The number of hydrazine groups is 1. The molecular formula is C11H11F3N4. The molecular weight excluding hydrogens is 245 g/mol. The van der Waals surface area contributed by atoms with Gasteiger partial charge in [-0.3, -0.25) is 5.84 Å². The Morgan fingerprint density at radius 1 is 1.28 bits per heavy atom. The highest BCUT2D eigenvalue weighted by Gasteiger charge is 2.23. The second kappa shape index (κ2) is 4.79. The van der Waals surface area contributed by atoms with E-state index in [9.17, 15) is 13.2 Å². The van der Waals surface area contributed by atoms with Gasteiger partial charge in [0.25, 0.3) is 0 Å². The second-order valence-corrected chi connectivity index (χ2v) is 3.79. The van der Waals surface area contributed by atoms with Crippen molar-refractivity contribution in [3.8, 4) is 0 Å². The molecule has 1 heterocycles. The predicted molar refractivity (Wildman–Crippen MR) is 58.7 cm³/mol. The highest BCUT2D eigenvalue weighted by atomic mass is 19.2. The van der Waals surface area contributed by atoms with Gasteiger partial charge in [0.1, 0.15) is 0 Å². The van der Waals surface area contributed by atoms with Crippen LogP contribution in [-0.4, -0.2) is 9.55 Å². The van der Waals surface area contributed by atoms with E-state index in [1.165, 1.54) is 12.5 Å². The van der Waals surface area contributed by atoms with Crippen molar-refractivity contribution in [3.05, 3.63) is 53.4 Å². The maximum absolute atomic E-state index is 13.7. The fraction of sp³-hybridized carbons (Fsp3) is 0.182. The fourth-order valence-electron chi connectivity index (χ4n) is 1.74. The molecule has 1 atom stereocenters. The van der Waals surface area contributed by atoms with Crippen LogP contribution in [0, 0.1) is 17.5 Å². The van der Waals surface area contributed by atoms with Crippen molar-refractivity contribution in [2.75, 3.05) is 0 Å². The van der Waals surface area contributed by atoms with Crippen LogP contribution in [0.25, 0.3) is 0 Å². The lowest BCUT2D eigenvalue weighted by atomic mass is 10.0. The van der Waals surface area contributed by atoms with Gasteiger partial charge in [-0.2, -0.15) is 0 Å². The number of nitrogens with one attached hydrogen (secondary N) is 1. The molecule has 0 aliphatic heterocycles. The average Bonchev–Trinajstić information content (AvgIpc) is 2.77. The molecule has 0 bridgehead atoms. The molecule has 4 nitrogen and oxygen atoms in total. The minimum atomic E-state index is -1.52. The summed E-state index contributed by atoms with van der Waals surface area (Å²) in [4.78, 5) is 3.86. The van der Waals surface area contributed by atoms with Crippen LogP contribution in [0.15, 0.2) is 24.7 Å². The van der Waals surface area contributed by atoms with Gasteiger partial charge in [0.05, 0.1) is 24.3 Å². The Morgan fingerprint density at radius 2 is 2.00 bits per heavy atom. The van der Waals surface area contributed by atoms with Gasteiger partial charge in [-0.1, -0.05) is 6.07 Å². The lowest BCUT2D eigenvalue weighted by Crippen LogP contribution is -2.31. The Hall–Kier alpha value is -1.86. The number of aryl methyl sites for hydroxylation is 1. The highest BCUT2D eigenvalue weighted by molar-refractivity contribution is 5.29. The third-order valence-electron chi connectivity index (χ3n) is 2.69. The summed E-state index contributed by atoms with van der Waals surface area (Å²) < 4.78 is 41.3. The van der Waals surface area contributed by atoms with Crippen LogP contribution >= 0.6 is 0 Å². The molecule has 3 N–H and O–H groups in total. The summed E-state index contributed by atoms with van der Waals surface area (Å²) in [7, 11) is 1.68. The van der Waals surface area contributed by atoms with Gasteiger partial charge >= 0.3 is 0 Å². The van der Waals surface area contributed by atoms with Crippen LogP contribution in [0.1, 0.15) is 17.3 Å². The maximum atomic E-state index is 13.7. The minimum Gasteiger partial charge on any atom is -0.336 e. The molecule has 7 heteroatoms. The Kier molecular flexibility index (Phi) is 3.35. The molecule has 0 spiro atoms. The monoisotopic (exact) mass is 256 g/mol. The first kappa shape index (κ1) is 12.6. The molecule has 0 aliphatic carbocycles. The van der Waals surface area contributed by atoms with Crippen molar-refractivity contribution in [2.45, 2.75) is 6.04 Å². The van der Waals surface area contributed by atoms with Crippen molar-refractivity contribution < 1.29 is 13.2 Å². The van der Waals surface area contributed by atoms with Gasteiger partial charge in [0, 0.05) is 12.6 Å². The quantitative estimate of drug-likeness (QED) is 0.495. The summed E-state index contributed by atoms with van der Waals surface area (Å²) in [5.74, 6) is 1.33. The molecule has 96 valence electrons. The molecule has 0 radical (unpaired) electrons. The molecule has 2 aromatic rings. The summed E-state index contributed by atoms with van der Waals surface area (Å²) >= 11 is 0. The van der Waals surface area contributed by atoms with E-state index in [-0.39, 0.29) is 5.56 Å². The molecule has 2 rings (SSSR count). The van der Waals surface area contributed by atoms with E-state index >= 15 is 0 Å². The van der Waals surface area contributed by atoms with E-state index in [4.69, 9.17) is 5.84 Å². The van der Waals surface area contributed by atoms with Gasteiger partial charge in [-0.05, 0) is 6.07 Å². The predicted octanol–water partition coefficient (Wildman–Crippen LogP) is 1.39. The Bertz CT molecular complexity index is 567. The zero-order valence-electron chi connectivity index (χ0n) is 9.49. The van der Waals surface area contributed by atoms with Crippen LogP contribution in [0.3, 0.4) is 0 Å². The first-order valence-electron chi connectivity index (χ1n) is 5.12. The molecule has 1 aromatic heterocycles. The number of hydrogen-bond donors (Lipinski definition) is 2. The standard InChI is InChI=1S/C11H11F3N4/c1-18-5-16-4-8(18)11(17-15)6-2-3-7(12)10(14)9(6)13/h2-5,11,17H,15H2,1H3. The lowest BCUT2D eigenvalue weighted by molar-refractivity contribution is 0.431. The summed E-state index contributed by atoms with van der Waals surface area (Å²) in [6.45, 7) is 0. The number of nitrogens with two attached hydrogens (primary N) is 1. The average molecular weight is 256 g/mol. The number of hydrogen-bond acceptors (Lipinski definition) is 3. The van der Waals surface area contributed by atoms with Crippen molar-refractivity contribution in [3.63, 3.8) is 0 Å². The molecule has 0 saturated heterocycles. The van der Waals surface area contributed by atoms with Gasteiger partial charge in [-0.15, -0.1) is 0 Å². The number of halogens is 3. The Labute approximate surface area is 101 Å². The van der Waals surface area contributed by atoms with Gasteiger partial charge in [0.2, 0.25) is 0 Å². The van der Waals surface area contributed by atoms with Gasteiger partial charge in [0.15, 0.2) is 17.5 Å². The SMILES string of the molecule is Cn1cncc1C(NN)c1ccc(F)c(F)c1F. The van der Waals surface area contributed by atoms with Crippen molar-refractivity contribution in [2.24, 2.45) is 12.9 Å². The number of aromatic nitrogens is 2. The van der Waals surface area contributed by atoms with Crippen molar-refractivity contribution in [1.29, 1.82) is 0 Å². The number of benzene rings is 1. The van der Waals surface area contributed by atoms with Gasteiger partial charge in [-0.25, -0.2) is 23.6 Å². The zero-order chi connectivity index (χ0) is 13.3. The maximum Gasteiger partial charge on any atom is 0.194 e. The summed E-state index contributed by atoms with van der Waals surface area (Å²) in [5.41, 5.74) is 2.81. The number of imidazole rings is 1. The third-order valence-corrected chi connectivity index (χ3v) is 2.69. The Morgan fingerprint density at radius 3 is 2.56 bits per heavy atom. The normalized spacial score (nSPS) is 12.7. The fourth-order valence-corrected chi connectivity index (χ4v) is 1.74.